The lowest BCUT2D eigenvalue weighted by molar-refractivity contribution is -0.153. The van der Waals surface area contributed by atoms with E-state index in [0.29, 0.717) is 0 Å². The highest BCUT2D eigenvalue weighted by Crippen LogP contribution is 2.29. The van der Waals surface area contributed by atoms with Crippen LogP contribution in [0.1, 0.15) is 10.4 Å². The largest absolute Gasteiger partial charge is 0.493 e. The first kappa shape index (κ1) is 21.9. The maximum absolute atomic E-state index is 12.4. The second kappa shape index (κ2) is 9.67. The molecule has 2 aromatic rings. The van der Waals surface area contributed by atoms with Crippen molar-refractivity contribution < 1.29 is 37.0 Å². The third kappa shape index (κ3) is 6.91. The SMILES string of the molecule is CNC(=O)COc1ccc(C(=O)Nc2cccc(OCC(F)(F)F)c2)cc1OC. The van der Waals surface area contributed by atoms with Crippen LogP contribution in [-0.2, 0) is 4.79 Å². The Morgan fingerprint density at radius 2 is 1.79 bits per heavy atom. The molecule has 0 radical (unpaired) electrons. The van der Waals surface area contributed by atoms with Gasteiger partial charge in [0, 0.05) is 24.4 Å². The number of alkyl halides is 3. The molecule has 0 bridgehead atoms. The Morgan fingerprint density at radius 3 is 2.45 bits per heavy atom. The van der Waals surface area contributed by atoms with E-state index >= 15 is 0 Å². The number of likely N-dealkylation sites (N-methyl/N-ethyl adjacent to an activating group) is 1. The van der Waals surface area contributed by atoms with Crippen LogP contribution >= 0.6 is 0 Å². The van der Waals surface area contributed by atoms with Gasteiger partial charge in [-0.1, -0.05) is 6.07 Å². The number of hydrogen-bond acceptors (Lipinski definition) is 5. The Hall–Kier alpha value is -3.43. The van der Waals surface area contributed by atoms with Gasteiger partial charge < -0.3 is 24.8 Å². The smallest absolute Gasteiger partial charge is 0.422 e. The van der Waals surface area contributed by atoms with Gasteiger partial charge in [-0.2, -0.15) is 13.2 Å². The monoisotopic (exact) mass is 412 g/mol. The van der Waals surface area contributed by atoms with E-state index in [0.717, 1.165) is 0 Å². The first-order chi connectivity index (χ1) is 13.7. The van der Waals surface area contributed by atoms with Crippen molar-refractivity contribution in [3.63, 3.8) is 0 Å². The van der Waals surface area contributed by atoms with Crippen LogP contribution in [0.15, 0.2) is 42.5 Å². The molecule has 29 heavy (non-hydrogen) atoms. The van der Waals surface area contributed by atoms with Gasteiger partial charge in [0.15, 0.2) is 24.7 Å². The predicted octanol–water partition coefficient (Wildman–Crippen LogP) is 3.01. The van der Waals surface area contributed by atoms with Crippen LogP contribution in [-0.4, -0.2) is 45.4 Å². The molecule has 2 amide bonds. The van der Waals surface area contributed by atoms with Crippen LogP contribution in [0, 0.1) is 0 Å². The summed E-state index contributed by atoms with van der Waals surface area (Å²) in [7, 11) is 2.85. The van der Waals surface area contributed by atoms with Crippen molar-refractivity contribution in [3.8, 4) is 17.2 Å². The molecule has 2 aromatic carbocycles. The van der Waals surface area contributed by atoms with Gasteiger partial charge >= 0.3 is 6.18 Å². The molecule has 7 nitrogen and oxygen atoms in total. The number of carbonyl (C=O) groups excluding carboxylic acids is 2. The zero-order valence-electron chi connectivity index (χ0n) is 15.6. The van der Waals surface area contributed by atoms with Crippen LogP contribution in [0.2, 0.25) is 0 Å². The fraction of sp³-hybridized carbons (Fsp3) is 0.263. The Labute approximate surface area is 164 Å². The lowest BCUT2D eigenvalue weighted by Crippen LogP contribution is -2.25. The number of nitrogens with one attached hydrogen (secondary N) is 2. The topological polar surface area (TPSA) is 85.9 Å². The lowest BCUT2D eigenvalue weighted by atomic mass is 10.1. The molecule has 2 N–H and O–H groups in total. The first-order valence-electron chi connectivity index (χ1n) is 8.34. The zero-order chi connectivity index (χ0) is 21.4. The Bertz CT molecular complexity index is 871. The number of ether oxygens (including phenoxy) is 3. The minimum absolute atomic E-state index is 0.0318. The molecule has 0 fully saturated rings. The van der Waals surface area contributed by atoms with Crippen LogP contribution in [0.25, 0.3) is 0 Å². The van der Waals surface area contributed by atoms with E-state index in [4.69, 9.17) is 9.47 Å². The fourth-order valence-electron chi connectivity index (χ4n) is 2.18. The lowest BCUT2D eigenvalue weighted by Gasteiger charge is -2.13. The molecule has 0 aliphatic heterocycles. The van der Waals surface area contributed by atoms with Gasteiger partial charge in [-0.3, -0.25) is 9.59 Å². The molecule has 0 saturated heterocycles. The molecule has 0 heterocycles. The van der Waals surface area contributed by atoms with Crippen molar-refractivity contribution in [3.05, 3.63) is 48.0 Å². The normalized spacial score (nSPS) is 10.8. The molecular weight excluding hydrogens is 393 g/mol. The van der Waals surface area contributed by atoms with E-state index in [9.17, 15) is 22.8 Å². The van der Waals surface area contributed by atoms with E-state index in [1.165, 1.54) is 56.6 Å². The van der Waals surface area contributed by atoms with Gasteiger partial charge in [0.25, 0.3) is 11.8 Å². The minimum atomic E-state index is -4.46. The number of carbonyl (C=O) groups is 2. The van der Waals surface area contributed by atoms with Gasteiger partial charge in [0.05, 0.1) is 7.11 Å². The third-order valence-corrected chi connectivity index (χ3v) is 3.56. The summed E-state index contributed by atoms with van der Waals surface area (Å²) in [5.41, 5.74) is 0.476. The highest BCUT2D eigenvalue weighted by atomic mass is 19.4. The molecule has 0 spiro atoms. The summed E-state index contributed by atoms with van der Waals surface area (Å²) >= 11 is 0. The van der Waals surface area contributed by atoms with Crippen molar-refractivity contribution in [2.45, 2.75) is 6.18 Å². The van der Waals surface area contributed by atoms with Crippen LogP contribution < -0.4 is 24.8 Å². The highest BCUT2D eigenvalue weighted by molar-refractivity contribution is 6.04. The van der Waals surface area contributed by atoms with Crippen molar-refractivity contribution in [1.29, 1.82) is 0 Å². The van der Waals surface area contributed by atoms with Gasteiger partial charge in [0.1, 0.15) is 5.75 Å². The molecule has 0 saturated carbocycles. The number of methoxy groups -OCH3 is 1. The van der Waals surface area contributed by atoms with Crippen LogP contribution in [0.5, 0.6) is 17.2 Å². The number of anilines is 1. The van der Waals surface area contributed by atoms with Crippen LogP contribution in [0.3, 0.4) is 0 Å². The minimum Gasteiger partial charge on any atom is -0.493 e. The van der Waals surface area contributed by atoms with Crippen molar-refractivity contribution in [1.82, 2.24) is 5.32 Å². The molecule has 0 unspecified atom stereocenters. The summed E-state index contributed by atoms with van der Waals surface area (Å²) in [6.45, 7) is -1.65. The Kier molecular flexibility index (Phi) is 7.29. The average Bonchev–Trinajstić information content (AvgIpc) is 2.70. The van der Waals surface area contributed by atoms with Gasteiger partial charge in [0.2, 0.25) is 0 Å². The molecule has 0 atom stereocenters. The van der Waals surface area contributed by atoms with Gasteiger partial charge in [-0.25, -0.2) is 0 Å². The maximum Gasteiger partial charge on any atom is 0.422 e. The number of hydrogen-bond donors (Lipinski definition) is 2. The quantitative estimate of drug-likeness (QED) is 0.696. The standard InChI is InChI=1S/C19H19F3N2O5/c1-23-17(25)10-28-15-7-6-12(8-16(15)27-2)18(26)24-13-4-3-5-14(9-13)29-11-19(20,21)22/h3-9H,10-11H2,1-2H3,(H,23,25)(H,24,26). The summed E-state index contributed by atoms with van der Waals surface area (Å²) in [5, 5.41) is 4.98. The number of halogens is 3. The number of benzene rings is 2. The molecule has 0 aromatic heterocycles. The third-order valence-electron chi connectivity index (χ3n) is 3.56. The zero-order valence-corrected chi connectivity index (χ0v) is 15.6. The molecular formula is C19H19F3N2O5. The predicted molar refractivity (Wildman–Crippen MR) is 98.5 cm³/mol. The molecule has 0 aliphatic carbocycles. The van der Waals surface area contributed by atoms with E-state index in [1.807, 2.05) is 0 Å². The van der Waals surface area contributed by atoms with Crippen molar-refractivity contribution >= 4 is 17.5 Å². The van der Waals surface area contributed by atoms with Crippen molar-refractivity contribution in [2.75, 3.05) is 32.7 Å². The van der Waals surface area contributed by atoms with Gasteiger partial charge in [-0.05, 0) is 30.3 Å². The number of amides is 2. The fourth-order valence-corrected chi connectivity index (χ4v) is 2.18. The van der Waals surface area contributed by atoms with Crippen molar-refractivity contribution in [2.24, 2.45) is 0 Å². The molecule has 2 rings (SSSR count). The van der Waals surface area contributed by atoms with Crippen LogP contribution in [0.4, 0.5) is 18.9 Å². The summed E-state index contributed by atoms with van der Waals surface area (Å²) in [4.78, 5) is 23.7. The van der Waals surface area contributed by atoms with E-state index in [2.05, 4.69) is 15.4 Å². The maximum atomic E-state index is 12.4. The van der Waals surface area contributed by atoms with Gasteiger partial charge in [-0.15, -0.1) is 0 Å². The first-order valence-corrected chi connectivity index (χ1v) is 8.34. The summed E-state index contributed by atoms with van der Waals surface area (Å²) < 4.78 is 51.9. The average molecular weight is 412 g/mol. The summed E-state index contributed by atoms with van der Waals surface area (Å²) in [5.74, 6) is -0.370. The Balaban J connectivity index is 2.07. The van der Waals surface area contributed by atoms with E-state index in [-0.39, 0.29) is 41.0 Å². The second-order valence-corrected chi connectivity index (χ2v) is 5.71. The Morgan fingerprint density at radius 1 is 1.03 bits per heavy atom. The molecule has 10 heteroatoms. The molecule has 156 valence electrons. The second-order valence-electron chi connectivity index (χ2n) is 5.71. The molecule has 0 aliphatic rings. The summed E-state index contributed by atoms with van der Waals surface area (Å²) in [6.07, 6.45) is -4.46. The van der Waals surface area contributed by atoms with E-state index < -0.39 is 18.7 Å². The van der Waals surface area contributed by atoms with E-state index in [1.54, 1.807) is 0 Å². The summed E-state index contributed by atoms with van der Waals surface area (Å²) in [6, 6.07) is 9.94. The highest BCUT2D eigenvalue weighted by Gasteiger charge is 2.28. The number of rotatable bonds is 8.